The highest BCUT2D eigenvalue weighted by atomic mass is 19.1. The number of pyridine rings is 1. The maximum absolute atomic E-state index is 13.7. The van der Waals surface area contributed by atoms with Gasteiger partial charge in [0.25, 0.3) is 0 Å². The highest BCUT2D eigenvalue weighted by Gasteiger charge is 2.11. The Morgan fingerprint density at radius 2 is 1.96 bits per heavy atom. The molecule has 0 spiro atoms. The Hall–Kier alpha value is -3.55. The molecule has 2 heterocycles. The number of nitrogens with zero attached hydrogens (tertiary/aromatic N) is 5. The third kappa shape index (κ3) is 4.97. The molecular formula is C19H22FN7. The predicted octanol–water partition coefficient (Wildman–Crippen LogP) is 2.11. The third-order valence-electron chi connectivity index (χ3n) is 3.63. The Morgan fingerprint density at radius 1 is 1.22 bits per heavy atom. The number of nitrogens with two attached hydrogens (primary N) is 2. The average molecular weight is 367 g/mol. The summed E-state index contributed by atoms with van der Waals surface area (Å²) in [6.45, 7) is 3.69. The van der Waals surface area contributed by atoms with Crippen molar-refractivity contribution in [3.8, 4) is 0 Å². The number of amidine groups is 1. The first kappa shape index (κ1) is 19.8. The number of aliphatic imine (C=N–C) groups is 2. The van der Waals surface area contributed by atoms with Crippen molar-refractivity contribution in [1.29, 1.82) is 0 Å². The van der Waals surface area contributed by atoms with Crippen molar-refractivity contribution < 1.29 is 4.39 Å². The van der Waals surface area contributed by atoms with Gasteiger partial charge in [-0.15, -0.1) is 0 Å². The Bertz CT molecular complexity index is 989. The van der Waals surface area contributed by atoms with Gasteiger partial charge in [-0.25, -0.2) is 14.1 Å². The van der Waals surface area contributed by atoms with E-state index >= 15 is 0 Å². The quantitative estimate of drug-likeness (QED) is 0.544. The maximum Gasteiger partial charge on any atom is 0.158 e. The molecule has 140 valence electrons. The molecule has 0 radical (unpaired) electrons. The molecular weight excluding hydrogens is 345 g/mol. The van der Waals surface area contributed by atoms with E-state index in [0.717, 1.165) is 16.7 Å². The molecule has 0 bridgehead atoms. The van der Waals surface area contributed by atoms with E-state index in [4.69, 9.17) is 11.5 Å². The van der Waals surface area contributed by atoms with Gasteiger partial charge in [-0.1, -0.05) is 24.8 Å². The molecule has 0 fully saturated rings. The van der Waals surface area contributed by atoms with Gasteiger partial charge < -0.3 is 11.5 Å². The van der Waals surface area contributed by atoms with Crippen LogP contribution in [0, 0.1) is 5.82 Å². The number of hydrogen-bond donors (Lipinski definition) is 2. The predicted molar refractivity (Wildman–Crippen MR) is 107 cm³/mol. The van der Waals surface area contributed by atoms with Gasteiger partial charge in [0.1, 0.15) is 17.3 Å². The van der Waals surface area contributed by atoms with Crippen molar-refractivity contribution in [2.45, 2.75) is 6.54 Å². The Morgan fingerprint density at radius 3 is 2.56 bits per heavy atom. The number of benzene rings is 1. The molecule has 0 saturated heterocycles. The Kier molecular flexibility index (Phi) is 6.76. The lowest BCUT2D eigenvalue weighted by molar-refractivity contribution is 0.589. The van der Waals surface area contributed by atoms with Crippen LogP contribution in [0.3, 0.4) is 0 Å². The Balaban J connectivity index is 0.000000321. The number of halogens is 1. The zero-order chi connectivity index (χ0) is 19.8. The van der Waals surface area contributed by atoms with Crippen LogP contribution in [-0.4, -0.2) is 40.9 Å². The summed E-state index contributed by atoms with van der Waals surface area (Å²) < 4.78 is 15.4. The van der Waals surface area contributed by atoms with Gasteiger partial charge in [-0.3, -0.25) is 9.98 Å². The summed E-state index contributed by atoms with van der Waals surface area (Å²) in [5, 5.41) is 5.37. The van der Waals surface area contributed by atoms with Crippen LogP contribution >= 0.6 is 0 Å². The van der Waals surface area contributed by atoms with Gasteiger partial charge in [0.2, 0.25) is 0 Å². The molecule has 4 N–H and O–H groups in total. The minimum absolute atomic E-state index is 0.238. The van der Waals surface area contributed by atoms with Crippen LogP contribution in [0.4, 0.5) is 4.39 Å². The fourth-order valence-electron chi connectivity index (χ4n) is 2.29. The van der Waals surface area contributed by atoms with Gasteiger partial charge >= 0.3 is 0 Å². The van der Waals surface area contributed by atoms with E-state index in [9.17, 15) is 4.39 Å². The van der Waals surface area contributed by atoms with Crippen molar-refractivity contribution in [3.63, 3.8) is 0 Å². The standard InChI is InChI=1S/C15H13FN4.C4H9N3/c1-17-9-14-12-6-4-8-18-15(12)20(19-14)10-11-5-2-3-7-13(11)16;1-3(5)4(6)7-2/h2-9H,10H2,1H3;1,5H2,2H3,(H2,6,7). The number of fused-ring (bicyclic) bond motifs is 1. The molecule has 0 saturated carbocycles. The lowest BCUT2D eigenvalue weighted by Gasteiger charge is -2.04. The SMILES string of the molecule is C=C(N)C(N)=NC.CN=Cc1nn(Cc2ccccc2F)c2ncccc12. The normalized spacial score (nSPS) is 11.4. The molecule has 1 aromatic carbocycles. The van der Waals surface area contributed by atoms with Crippen LogP contribution in [0.25, 0.3) is 11.0 Å². The molecule has 2 aromatic heterocycles. The van der Waals surface area contributed by atoms with E-state index in [-0.39, 0.29) is 5.82 Å². The van der Waals surface area contributed by atoms with E-state index < -0.39 is 0 Å². The van der Waals surface area contributed by atoms with E-state index in [0.29, 0.717) is 23.6 Å². The first-order chi connectivity index (χ1) is 13.0. The van der Waals surface area contributed by atoms with Gasteiger partial charge in [0, 0.05) is 37.5 Å². The molecule has 0 aliphatic carbocycles. The van der Waals surface area contributed by atoms with Crippen LogP contribution in [0.2, 0.25) is 0 Å². The van der Waals surface area contributed by atoms with Crippen LogP contribution < -0.4 is 11.5 Å². The maximum atomic E-state index is 13.7. The largest absolute Gasteiger partial charge is 0.396 e. The lowest BCUT2D eigenvalue weighted by atomic mass is 10.2. The highest BCUT2D eigenvalue weighted by molar-refractivity contribution is 5.95. The van der Waals surface area contributed by atoms with Crippen molar-refractivity contribution in [3.05, 3.63) is 71.9 Å². The second kappa shape index (κ2) is 9.23. The minimum atomic E-state index is -0.238. The first-order valence-electron chi connectivity index (χ1n) is 8.12. The number of hydrogen-bond acceptors (Lipinski definition) is 5. The van der Waals surface area contributed by atoms with E-state index in [1.165, 1.54) is 6.07 Å². The zero-order valence-electron chi connectivity index (χ0n) is 15.3. The minimum Gasteiger partial charge on any atom is -0.396 e. The average Bonchev–Trinajstić information content (AvgIpc) is 3.01. The molecule has 0 atom stereocenters. The van der Waals surface area contributed by atoms with Crippen LogP contribution in [0.15, 0.2) is 64.9 Å². The third-order valence-corrected chi connectivity index (χ3v) is 3.63. The fraction of sp³-hybridized carbons (Fsp3) is 0.158. The second-order valence-electron chi connectivity index (χ2n) is 5.53. The second-order valence-corrected chi connectivity index (χ2v) is 5.53. The first-order valence-corrected chi connectivity index (χ1v) is 8.12. The lowest BCUT2D eigenvalue weighted by Crippen LogP contribution is -2.19. The topological polar surface area (TPSA) is 107 Å². The van der Waals surface area contributed by atoms with Crippen LogP contribution in [-0.2, 0) is 6.54 Å². The molecule has 8 heteroatoms. The summed E-state index contributed by atoms with van der Waals surface area (Å²) in [4.78, 5) is 11.9. The molecule has 0 amide bonds. The van der Waals surface area contributed by atoms with Gasteiger partial charge in [0.15, 0.2) is 5.65 Å². The summed E-state index contributed by atoms with van der Waals surface area (Å²) in [6.07, 6.45) is 3.39. The van der Waals surface area contributed by atoms with Gasteiger partial charge in [0.05, 0.1) is 12.2 Å². The highest BCUT2D eigenvalue weighted by Crippen LogP contribution is 2.17. The zero-order valence-corrected chi connectivity index (χ0v) is 15.3. The van der Waals surface area contributed by atoms with Crippen molar-refractivity contribution >= 4 is 23.1 Å². The summed E-state index contributed by atoms with van der Waals surface area (Å²) in [5.74, 6) is 0.0674. The van der Waals surface area contributed by atoms with E-state index in [1.807, 2.05) is 18.2 Å². The van der Waals surface area contributed by atoms with Crippen molar-refractivity contribution in [2.75, 3.05) is 14.1 Å². The molecule has 0 unspecified atom stereocenters. The summed E-state index contributed by atoms with van der Waals surface area (Å²) in [5.41, 5.74) is 12.6. The monoisotopic (exact) mass is 367 g/mol. The van der Waals surface area contributed by atoms with Gasteiger partial charge in [-0.05, 0) is 18.2 Å². The molecule has 0 aliphatic heterocycles. The molecule has 27 heavy (non-hydrogen) atoms. The molecule has 7 nitrogen and oxygen atoms in total. The molecule has 0 aliphatic rings. The van der Waals surface area contributed by atoms with Crippen LogP contribution in [0.5, 0.6) is 0 Å². The Labute approximate surface area is 157 Å². The van der Waals surface area contributed by atoms with E-state index in [2.05, 4.69) is 26.6 Å². The van der Waals surface area contributed by atoms with Crippen molar-refractivity contribution in [2.24, 2.45) is 21.5 Å². The van der Waals surface area contributed by atoms with Gasteiger partial charge in [-0.2, -0.15) is 5.10 Å². The van der Waals surface area contributed by atoms with E-state index in [1.54, 1.807) is 43.3 Å². The summed E-state index contributed by atoms with van der Waals surface area (Å²) in [7, 11) is 3.26. The smallest absolute Gasteiger partial charge is 0.158 e. The number of rotatable bonds is 4. The van der Waals surface area contributed by atoms with Crippen LogP contribution in [0.1, 0.15) is 11.3 Å². The molecule has 3 rings (SSSR count). The summed E-state index contributed by atoms with van der Waals surface area (Å²) in [6, 6.07) is 10.5. The summed E-state index contributed by atoms with van der Waals surface area (Å²) >= 11 is 0. The number of aromatic nitrogens is 3. The van der Waals surface area contributed by atoms with Crippen molar-refractivity contribution in [1.82, 2.24) is 14.8 Å². The fourth-order valence-corrected chi connectivity index (χ4v) is 2.29. The molecule has 3 aromatic rings.